The maximum Gasteiger partial charge on any atom is 0.219 e. The zero-order valence-electron chi connectivity index (χ0n) is 14.7. The van der Waals surface area contributed by atoms with Crippen molar-refractivity contribution in [2.75, 3.05) is 32.8 Å². The van der Waals surface area contributed by atoms with Gasteiger partial charge in [-0.25, -0.2) is 0 Å². The lowest BCUT2D eigenvalue weighted by Gasteiger charge is -2.36. The number of aryl methyl sites for hydroxylation is 1. The van der Waals surface area contributed by atoms with Crippen LogP contribution in [0.5, 0.6) is 5.75 Å². The first-order chi connectivity index (χ1) is 11.5. The fourth-order valence-corrected chi connectivity index (χ4v) is 3.79. The Hall–Kier alpha value is -1.59. The number of aliphatic hydroxyl groups is 1. The Kier molecular flexibility index (Phi) is 5.11. The Morgan fingerprint density at radius 1 is 1.29 bits per heavy atom. The quantitative estimate of drug-likeness (QED) is 0.914. The number of hydrogen-bond donors (Lipinski definition) is 1. The molecule has 2 aliphatic rings. The van der Waals surface area contributed by atoms with Crippen LogP contribution in [0.2, 0.25) is 0 Å². The predicted octanol–water partition coefficient (Wildman–Crippen LogP) is 1.82. The molecule has 2 aliphatic heterocycles. The molecular formula is C19H28N2O3. The Balaban J connectivity index is 1.51. The fourth-order valence-electron chi connectivity index (χ4n) is 3.79. The number of carbonyl (C=O) groups is 1. The van der Waals surface area contributed by atoms with Gasteiger partial charge in [0.05, 0.1) is 0 Å². The SMILES string of the molecule is CC(=O)N1CCC(N2CC[C@@](O)(COc3ccccc3C)C2)CC1. The van der Waals surface area contributed by atoms with Gasteiger partial charge in [-0.3, -0.25) is 9.69 Å². The van der Waals surface area contributed by atoms with Gasteiger partial charge < -0.3 is 14.7 Å². The second-order valence-corrected chi connectivity index (χ2v) is 7.24. The van der Waals surface area contributed by atoms with Gasteiger partial charge in [-0.05, 0) is 37.8 Å². The average molecular weight is 332 g/mol. The van der Waals surface area contributed by atoms with Crippen molar-refractivity contribution in [1.82, 2.24) is 9.80 Å². The van der Waals surface area contributed by atoms with Gasteiger partial charge in [-0.1, -0.05) is 18.2 Å². The minimum atomic E-state index is -0.778. The maximum atomic E-state index is 11.4. The summed E-state index contributed by atoms with van der Waals surface area (Å²) in [7, 11) is 0. The molecule has 2 saturated heterocycles. The third-order valence-corrected chi connectivity index (χ3v) is 5.38. The summed E-state index contributed by atoms with van der Waals surface area (Å²) in [4.78, 5) is 15.7. The zero-order chi connectivity index (χ0) is 17.2. The predicted molar refractivity (Wildman–Crippen MR) is 93.1 cm³/mol. The van der Waals surface area contributed by atoms with E-state index in [4.69, 9.17) is 4.74 Å². The van der Waals surface area contributed by atoms with Gasteiger partial charge in [0.2, 0.25) is 5.91 Å². The molecule has 0 bridgehead atoms. The Labute approximate surface area is 144 Å². The molecule has 5 heteroatoms. The van der Waals surface area contributed by atoms with Crippen LogP contribution in [-0.2, 0) is 4.79 Å². The van der Waals surface area contributed by atoms with Crippen LogP contribution in [0.1, 0.15) is 31.7 Å². The minimum absolute atomic E-state index is 0.165. The number of para-hydroxylation sites is 1. The number of likely N-dealkylation sites (tertiary alicyclic amines) is 2. The second-order valence-electron chi connectivity index (χ2n) is 7.24. The minimum Gasteiger partial charge on any atom is -0.490 e. The van der Waals surface area contributed by atoms with Gasteiger partial charge in [-0.15, -0.1) is 0 Å². The number of nitrogens with zero attached hydrogens (tertiary/aromatic N) is 2. The van der Waals surface area contributed by atoms with E-state index < -0.39 is 5.60 Å². The molecule has 0 aromatic heterocycles. The van der Waals surface area contributed by atoms with Gasteiger partial charge in [0.25, 0.3) is 0 Å². The number of amides is 1. The van der Waals surface area contributed by atoms with Crippen LogP contribution in [0, 0.1) is 6.92 Å². The van der Waals surface area contributed by atoms with Crippen molar-refractivity contribution in [3.63, 3.8) is 0 Å². The van der Waals surface area contributed by atoms with Crippen LogP contribution in [0.25, 0.3) is 0 Å². The lowest BCUT2D eigenvalue weighted by atomic mass is 10.0. The zero-order valence-corrected chi connectivity index (χ0v) is 14.7. The largest absolute Gasteiger partial charge is 0.490 e. The molecule has 132 valence electrons. The van der Waals surface area contributed by atoms with Crippen molar-refractivity contribution >= 4 is 5.91 Å². The molecule has 1 aromatic carbocycles. The standard InChI is InChI=1S/C19H28N2O3/c1-15-5-3-4-6-18(15)24-14-19(23)9-12-21(13-19)17-7-10-20(11-8-17)16(2)22/h3-6,17,23H,7-14H2,1-2H3/t19-/m0/s1. The van der Waals surface area contributed by atoms with E-state index in [1.807, 2.05) is 36.1 Å². The molecule has 24 heavy (non-hydrogen) atoms. The van der Waals surface area contributed by atoms with E-state index in [9.17, 15) is 9.90 Å². The van der Waals surface area contributed by atoms with Crippen LogP contribution in [0.15, 0.2) is 24.3 Å². The van der Waals surface area contributed by atoms with Crippen molar-refractivity contribution in [3.8, 4) is 5.75 Å². The molecule has 0 unspecified atom stereocenters. The molecule has 0 spiro atoms. The number of β-amino-alcohol motifs (C(OH)–C–C–N with tert-alkyl or cyclic N) is 1. The molecule has 0 saturated carbocycles. The lowest BCUT2D eigenvalue weighted by molar-refractivity contribution is -0.130. The third-order valence-electron chi connectivity index (χ3n) is 5.38. The highest BCUT2D eigenvalue weighted by Crippen LogP contribution is 2.28. The fraction of sp³-hybridized carbons (Fsp3) is 0.632. The summed E-state index contributed by atoms with van der Waals surface area (Å²) in [6, 6.07) is 8.37. The van der Waals surface area contributed by atoms with Gasteiger partial charge >= 0.3 is 0 Å². The summed E-state index contributed by atoms with van der Waals surface area (Å²) in [5.41, 5.74) is 0.313. The van der Waals surface area contributed by atoms with E-state index in [1.54, 1.807) is 6.92 Å². The van der Waals surface area contributed by atoms with Crippen LogP contribution in [0.3, 0.4) is 0 Å². The number of carbonyl (C=O) groups excluding carboxylic acids is 1. The molecular weight excluding hydrogens is 304 g/mol. The summed E-state index contributed by atoms with van der Waals surface area (Å²) in [5.74, 6) is 1.01. The van der Waals surface area contributed by atoms with Crippen molar-refractivity contribution < 1.29 is 14.6 Å². The molecule has 5 nitrogen and oxygen atoms in total. The molecule has 1 aromatic rings. The smallest absolute Gasteiger partial charge is 0.219 e. The van der Waals surface area contributed by atoms with Crippen molar-refractivity contribution in [1.29, 1.82) is 0 Å². The van der Waals surface area contributed by atoms with E-state index in [0.29, 0.717) is 19.2 Å². The first kappa shape index (κ1) is 17.2. The van der Waals surface area contributed by atoms with Gasteiger partial charge in [0.15, 0.2) is 0 Å². The number of benzene rings is 1. The van der Waals surface area contributed by atoms with Crippen LogP contribution in [-0.4, -0.2) is 65.2 Å². The molecule has 0 aliphatic carbocycles. The lowest BCUT2D eigenvalue weighted by Crippen LogP contribution is -2.47. The summed E-state index contributed by atoms with van der Waals surface area (Å²) in [6.45, 7) is 7.20. The van der Waals surface area contributed by atoms with Gasteiger partial charge in [-0.2, -0.15) is 0 Å². The highest BCUT2D eigenvalue weighted by atomic mass is 16.5. The van der Waals surface area contributed by atoms with Crippen LogP contribution < -0.4 is 4.74 Å². The molecule has 3 rings (SSSR count). The number of ether oxygens (including phenoxy) is 1. The van der Waals surface area contributed by atoms with E-state index in [-0.39, 0.29) is 5.91 Å². The topological polar surface area (TPSA) is 53.0 Å². The van der Waals surface area contributed by atoms with E-state index in [1.165, 1.54) is 0 Å². The van der Waals surface area contributed by atoms with Crippen molar-refractivity contribution in [3.05, 3.63) is 29.8 Å². The number of piperidine rings is 1. The monoisotopic (exact) mass is 332 g/mol. The summed E-state index contributed by atoms with van der Waals surface area (Å²) >= 11 is 0. The summed E-state index contributed by atoms with van der Waals surface area (Å²) < 4.78 is 5.88. The molecule has 0 radical (unpaired) electrons. The highest BCUT2D eigenvalue weighted by Gasteiger charge is 2.40. The summed E-state index contributed by atoms with van der Waals surface area (Å²) in [5, 5.41) is 10.9. The molecule has 1 N–H and O–H groups in total. The van der Waals surface area contributed by atoms with Gasteiger partial charge in [0, 0.05) is 39.1 Å². The Morgan fingerprint density at radius 2 is 2.00 bits per heavy atom. The van der Waals surface area contributed by atoms with E-state index >= 15 is 0 Å². The third kappa shape index (κ3) is 3.90. The Morgan fingerprint density at radius 3 is 2.67 bits per heavy atom. The first-order valence-electron chi connectivity index (χ1n) is 8.87. The number of hydrogen-bond acceptors (Lipinski definition) is 4. The number of rotatable bonds is 4. The van der Waals surface area contributed by atoms with Crippen molar-refractivity contribution in [2.45, 2.75) is 44.8 Å². The molecule has 2 heterocycles. The van der Waals surface area contributed by atoms with Crippen LogP contribution >= 0.6 is 0 Å². The molecule has 1 atom stereocenters. The first-order valence-corrected chi connectivity index (χ1v) is 8.87. The maximum absolute atomic E-state index is 11.4. The Bertz CT molecular complexity index is 584. The van der Waals surface area contributed by atoms with Gasteiger partial charge in [0.1, 0.15) is 18.0 Å². The summed E-state index contributed by atoms with van der Waals surface area (Å²) in [6.07, 6.45) is 2.73. The second kappa shape index (κ2) is 7.11. The molecule has 2 fully saturated rings. The van der Waals surface area contributed by atoms with Crippen LogP contribution in [0.4, 0.5) is 0 Å². The average Bonchev–Trinajstić information content (AvgIpc) is 2.97. The highest BCUT2D eigenvalue weighted by molar-refractivity contribution is 5.73. The normalized spacial score (nSPS) is 25.9. The van der Waals surface area contributed by atoms with Crippen molar-refractivity contribution in [2.24, 2.45) is 0 Å². The van der Waals surface area contributed by atoms with E-state index in [0.717, 1.165) is 50.2 Å². The van der Waals surface area contributed by atoms with E-state index in [2.05, 4.69) is 4.90 Å². The molecule has 1 amide bonds.